The molecular formula is C16H14ClN3O. The summed E-state index contributed by atoms with van der Waals surface area (Å²) in [5.74, 6) is 1.04. The molecule has 3 aromatic rings. The smallest absolute Gasteiger partial charge is 0.322 e. The summed E-state index contributed by atoms with van der Waals surface area (Å²) in [5, 5.41) is 1.02. The van der Waals surface area contributed by atoms with Crippen molar-refractivity contribution in [3.8, 4) is 11.8 Å². The number of halogens is 1. The van der Waals surface area contributed by atoms with E-state index in [0.29, 0.717) is 17.6 Å². The topological polar surface area (TPSA) is 47.9 Å². The highest BCUT2D eigenvalue weighted by Gasteiger charge is 2.08. The molecule has 0 saturated heterocycles. The maximum Gasteiger partial charge on any atom is 0.322 e. The van der Waals surface area contributed by atoms with Crippen LogP contribution in [0.5, 0.6) is 11.8 Å². The molecule has 0 fully saturated rings. The summed E-state index contributed by atoms with van der Waals surface area (Å²) in [6.45, 7) is 3.84. The van der Waals surface area contributed by atoms with Crippen molar-refractivity contribution in [3.05, 3.63) is 53.5 Å². The van der Waals surface area contributed by atoms with Crippen LogP contribution in [0.4, 0.5) is 0 Å². The number of para-hydroxylation sites is 1. The summed E-state index contributed by atoms with van der Waals surface area (Å²) in [4.78, 5) is 13.0. The lowest BCUT2D eigenvalue weighted by molar-refractivity contribution is 0.443. The third-order valence-electron chi connectivity index (χ3n) is 3.23. The summed E-state index contributed by atoms with van der Waals surface area (Å²) < 4.78 is 5.80. The Balaban J connectivity index is 2.01. The van der Waals surface area contributed by atoms with Gasteiger partial charge < -0.3 is 4.74 Å². The van der Waals surface area contributed by atoms with Crippen LogP contribution in [0.1, 0.15) is 17.0 Å². The van der Waals surface area contributed by atoms with E-state index in [2.05, 4.69) is 15.0 Å². The van der Waals surface area contributed by atoms with Crippen LogP contribution in [0.15, 0.2) is 36.5 Å². The molecule has 21 heavy (non-hydrogen) atoms. The number of ether oxygens (including phenoxy) is 1. The summed E-state index contributed by atoms with van der Waals surface area (Å²) >= 11 is 5.81. The molecule has 0 atom stereocenters. The van der Waals surface area contributed by atoms with Crippen LogP contribution in [0, 0.1) is 13.8 Å². The number of benzene rings is 1. The largest absolute Gasteiger partial charge is 0.422 e. The first kappa shape index (κ1) is 13.8. The number of pyridine rings is 1. The number of rotatable bonds is 3. The Morgan fingerprint density at radius 1 is 1.10 bits per heavy atom. The van der Waals surface area contributed by atoms with Gasteiger partial charge in [0.15, 0.2) is 5.75 Å². The Kier molecular flexibility index (Phi) is 3.71. The lowest BCUT2D eigenvalue weighted by Crippen LogP contribution is -1.98. The van der Waals surface area contributed by atoms with E-state index in [1.807, 2.05) is 44.2 Å². The highest BCUT2D eigenvalue weighted by atomic mass is 35.5. The van der Waals surface area contributed by atoms with Crippen molar-refractivity contribution in [1.29, 1.82) is 0 Å². The van der Waals surface area contributed by atoms with Crippen LogP contribution in [0.2, 0.25) is 0 Å². The second kappa shape index (κ2) is 5.66. The van der Waals surface area contributed by atoms with Gasteiger partial charge in [0.05, 0.1) is 5.88 Å². The van der Waals surface area contributed by atoms with Gasteiger partial charge in [0.1, 0.15) is 5.52 Å². The molecule has 0 bridgehead atoms. The minimum Gasteiger partial charge on any atom is -0.422 e. The van der Waals surface area contributed by atoms with E-state index in [0.717, 1.165) is 27.9 Å². The molecule has 2 aromatic heterocycles. The molecule has 5 heteroatoms. The van der Waals surface area contributed by atoms with Gasteiger partial charge in [-0.25, -0.2) is 9.97 Å². The molecule has 0 aliphatic carbocycles. The van der Waals surface area contributed by atoms with E-state index in [4.69, 9.17) is 16.3 Å². The average Bonchev–Trinajstić information content (AvgIpc) is 2.48. The average molecular weight is 300 g/mol. The van der Waals surface area contributed by atoms with E-state index in [1.165, 1.54) is 0 Å². The van der Waals surface area contributed by atoms with Gasteiger partial charge in [-0.15, -0.1) is 11.6 Å². The lowest BCUT2D eigenvalue weighted by atomic mass is 10.2. The monoisotopic (exact) mass is 299 g/mol. The molecular weight excluding hydrogens is 286 g/mol. The predicted molar refractivity (Wildman–Crippen MR) is 82.9 cm³/mol. The molecule has 0 radical (unpaired) electrons. The first-order chi connectivity index (χ1) is 10.2. The molecule has 0 saturated carbocycles. The van der Waals surface area contributed by atoms with Crippen molar-refractivity contribution in [3.63, 3.8) is 0 Å². The summed E-state index contributed by atoms with van der Waals surface area (Å²) in [6, 6.07) is 10.1. The third kappa shape index (κ3) is 2.81. The zero-order valence-corrected chi connectivity index (χ0v) is 12.6. The van der Waals surface area contributed by atoms with Crippen molar-refractivity contribution in [2.75, 3.05) is 0 Å². The number of aryl methyl sites for hydroxylation is 2. The van der Waals surface area contributed by atoms with E-state index >= 15 is 0 Å². The highest BCUT2D eigenvalue weighted by Crippen LogP contribution is 2.27. The molecule has 0 aliphatic heterocycles. The van der Waals surface area contributed by atoms with E-state index < -0.39 is 0 Å². The Morgan fingerprint density at radius 2 is 1.95 bits per heavy atom. The zero-order chi connectivity index (χ0) is 14.8. The van der Waals surface area contributed by atoms with Crippen LogP contribution < -0.4 is 4.74 Å². The number of alkyl halides is 1. The predicted octanol–water partition coefficient (Wildman–Crippen LogP) is 4.17. The van der Waals surface area contributed by atoms with Crippen LogP contribution in [0.25, 0.3) is 10.9 Å². The number of fused-ring (bicyclic) bond motifs is 1. The number of hydrogen-bond acceptors (Lipinski definition) is 4. The molecule has 0 amide bonds. The second-order valence-corrected chi connectivity index (χ2v) is 5.05. The van der Waals surface area contributed by atoms with Gasteiger partial charge >= 0.3 is 6.01 Å². The molecule has 1 aromatic carbocycles. The van der Waals surface area contributed by atoms with Gasteiger partial charge in [-0.3, -0.25) is 0 Å². The maximum absolute atomic E-state index is 5.81. The van der Waals surface area contributed by atoms with Crippen molar-refractivity contribution >= 4 is 22.5 Å². The van der Waals surface area contributed by atoms with E-state index in [1.54, 1.807) is 6.20 Å². The third-order valence-corrected chi connectivity index (χ3v) is 3.51. The molecule has 4 nitrogen and oxygen atoms in total. The van der Waals surface area contributed by atoms with Gasteiger partial charge in [0, 0.05) is 28.5 Å². The van der Waals surface area contributed by atoms with Gasteiger partial charge in [-0.2, -0.15) is 4.98 Å². The normalized spacial score (nSPS) is 10.8. The Labute approximate surface area is 127 Å². The molecule has 0 N–H and O–H groups in total. The molecule has 0 unspecified atom stereocenters. The van der Waals surface area contributed by atoms with Crippen molar-refractivity contribution < 1.29 is 4.74 Å². The zero-order valence-electron chi connectivity index (χ0n) is 11.8. The fourth-order valence-electron chi connectivity index (χ4n) is 2.05. The maximum atomic E-state index is 5.81. The van der Waals surface area contributed by atoms with Gasteiger partial charge in [0.25, 0.3) is 0 Å². The SMILES string of the molecule is Cc1ccc2cccc(Oc3ncc(CCl)c(C)n3)c2n1. The molecule has 0 spiro atoms. The van der Waals surface area contributed by atoms with E-state index in [9.17, 15) is 0 Å². The fraction of sp³-hybridized carbons (Fsp3) is 0.188. The van der Waals surface area contributed by atoms with E-state index in [-0.39, 0.29) is 0 Å². The first-order valence-electron chi connectivity index (χ1n) is 6.60. The van der Waals surface area contributed by atoms with Crippen molar-refractivity contribution in [2.24, 2.45) is 0 Å². The Morgan fingerprint density at radius 3 is 2.71 bits per heavy atom. The molecule has 106 valence electrons. The van der Waals surface area contributed by atoms with Gasteiger partial charge in [0.2, 0.25) is 0 Å². The number of nitrogens with zero attached hydrogens (tertiary/aromatic N) is 3. The fourth-order valence-corrected chi connectivity index (χ4v) is 2.31. The first-order valence-corrected chi connectivity index (χ1v) is 7.13. The summed E-state index contributed by atoms with van der Waals surface area (Å²) in [7, 11) is 0. The standard InChI is InChI=1S/C16H14ClN3O/c1-10-6-7-12-4-3-5-14(15(12)19-10)21-16-18-9-13(8-17)11(2)20-16/h3-7,9H,8H2,1-2H3. The van der Waals surface area contributed by atoms with Crippen LogP contribution in [0.3, 0.4) is 0 Å². The van der Waals surface area contributed by atoms with Crippen LogP contribution in [-0.4, -0.2) is 15.0 Å². The van der Waals surface area contributed by atoms with Crippen LogP contribution in [-0.2, 0) is 5.88 Å². The minimum atomic E-state index is 0.303. The summed E-state index contributed by atoms with van der Waals surface area (Å²) in [5.41, 5.74) is 3.46. The Bertz CT molecular complexity index is 805. The van der Waals surface area contributed by atoms with Crippen molar-refractivity contribution in [1.82, 2.24) is 15.0 Å². The Hall–Kier alpha value is -2.20. The highest BCUT2D eigenvalue weighted by molar-refractivity contribution is 6.17. The number of hydrogen-bond donors (Lipinski definition) is 0. The van der Waals surface area contributed by atoms with Gasteiger partial charge in [-0.1, -0.05) is 18.2 Å². The number of aromatic nitrogens is 3. The second-order valence-electron chi connectivity index (χ2n) is 4.78. The summed E-state index contributed by atoms with van der Waals surface area (Å²) in [6.07, 6.45) is 1.69. The molecule has 0 aliphatic rings. The lowest BCUT2D eigenvalue weighted by Gasteiger charge is -2.08. The van der Waals surface area contributed by atoms with Crippen molar-refractivity contribution in [2.45, 2.75) is 19.7 Å². The van der Waals surface area contributed by atoms with Crippen LogP contribution >= 0.6 is 11.6 Å². The molecule has 3 rings (SSSR count). The quantitative estimate of drug-likeness (QED) is 0.681. The minimum absolute atomic E-state index is 0.303. The van der Waals surface area contributed by atoms with Gasteiger partial charge in [-0.05, 0) is 26.0 Å². The molecule has 2 heterocycles.